The van der Waals surface area contributed by atoms with Crippen LogP contribution in [-0.4, -0.2) is 25.8 Å². The van der Waals surface area contributed by atoms with Gasteiger partial charge in [0, 0.05) is 30.4 Å². The van der Waals surface area contributed by atoms with Crippen molar-refractivity contribution in [2.45, 2.75) is 6.04 Å². The molecule has 6 heteroatoms. The molecule has 1 atom stereocenters. The molecule has 1 heterocycles. The number of nitrogens with one attached hydrogen (secondary N) is 2. The number of halogens is 1. The summed E-state index contributed by atoms with van der Waals surface area (Å²) in [6, 6.07) is 14.5. The molecule has 2 N–H and O–H groups in total. The van der Waals surface area contributed by atoms with Crippen LogP contribution >= 0.6 is 11.6 Å². The van der Waals surface area contributed by atoms with Crippen molar-refractivity contribution in [3.63, 3.8) is 0 Å². The number of benzene rings is 2. The van der Waals surface area contributed by atoms with Crippen molar-refractivity contribution in [3.05, 3.63) is 64.7 Å². The number of rotatable bonds is 3. The van der Waals surface area contributed by atoms with Crippen LogP contribution in [0.5, 0.6) is 0 Å². The molecular formula is C17H17ClN4O. The minimum absolute atomic E-state index is 0.137. The van der Waals surface area contributed by atoms with Crippen LogP contribution in [0.3, 0.4) is 0 Å². The van der Waals surface area contributed by atoms with Crippen molar-refractivity contribution >= 4 is 29.0 Å². The van der Waals surface area contributed by atoms with Gasteiger partial charge in [-0.1, -0.05) is 23.7 Å². The Balaban J connectivity index is 1.79. The van der Waals surface area contributed by atoms with E-state index in [1.165, 1.54) is 0 Å². The molecule has 0 bridgehead atoms. The van der Waals surface area contributed by atoms with E-state index in [9.17, 15) is 4.79 Å². The van der Waals surface area contributed by atoms with Crippen molar-refractivity contribution < 1.29 is 4.79 Å². The summed E-state index contributed by atoms with van der Waals surface area (Å²) in [6.45, 7) is 0. The smallest absolute Gasteiger partial charge is 0.254 e. The Morgan fingerprint density at radius 2 is 1.70 bits per heavy atom. The predicted octanol–water partition coefficient (Wildman–Crippen LogP) is 2.53. The number of hydrogen-bond donors (Lipinski definition) is 2. The Bertz CT molecular complexity index is 738. The summed E-state index contributed by atoms with van der Waals surface area (Å²) in [6.07, 6.45) is 0. The van der Waals surface area contributed by atoms with E-state index in [1.807, 2.05) is 55.4 Å². The fourth-order valence-electron chi connectivity index (χ4n) is 2.34. The topological polar surface area (TPSA) is 56.7 Å². The predicted molar refractivity (Wildman–Crippen MR) is 92.8 cm³/mol. The molecule has 1 aliphatic heterocycles. The lowest BCUT2D eigenvalue weighted by Gasteiger charge is -2.23. The Hall–Kier alpha value is -2.53. The van der Waals surface area contributed by atoms with Crippen molar-refractivity contribution in [1.29, 1.82) is 0 Å². The zero-order valence-corrected chi connectivity index (χ0v) is 13.6. The highest BCUT2D eigenvalue weighted by Gasteiger charge is 2.26. The first-order valence-corrected chi connectivity index (χ1v) is 7.60. The van der Waals surface area contributed by atoms with Gasteiger partial charge in [-0.05, 0) is 42.0 Å². The first-order chi connectivity index (χ1) is 11.0. The second-order valence-corrected chi connectivity index (χ2v) is 5.94. The van der Waals surface area contributed by atoms with Gasteiger partial charge >= 0.3 is 0 Å². The summed E-state index contributed by atoms with van der Waals surface area (Å²) in [7, 11) is 3.95. The van der Waals surface area contributed by atoms with Gasteiger partial charge in [0.25, 0.3) is 5.91 Å². The SMILES string of the molecule is CN(C)c1ccc(C2NN=C(c3ccc(Cl)cc3)NC2=O)cc1. The van der Waals surface area contributed by atoms with Crippen LogP contribution in [-0.2, 0) is 4.79 Å². The van der Waals surface area contributed by atoms with Crippen LogP contribution in [0.4, 0.5) is 5.69 Å². The van der Waals surface area contributed by atoms with Crippen molar-refractivity contribution in [1.82, 2.24) is 10.7 Å². The third-order valence-corrected chi connectivity index (χ3v) is 3.92. The quantitative estimate of drug-likeness (QED) is 0.910. The van der Waals surface area contributed by atoms with E-state index < -0.39 is 6.04 Å². The van der Waals surface area contributed by atoms with Gasteiger partial charge in [0.1, 0.15) is 6.04 Å². The number of amides is 1. The van der Waals surface area contributed by atoms with Crippen molar-refractivity contribution in [3.8, 4) is 0 Å². The molecule has 5 nitrogen and oxygen atoms in total. The highest BCUT2D eigenvalue weighted by atomic mass is 35.5. The van der Waals surface area contributed by atoms with Gasteiger partial charge in [-0.25, -0.2) is 0 Å². The molecule has 2 aromatic carbocycles. The number of hydrogen-bond acceptors (Lipinski definition) is 4. The first-order valence-electron chi connectivity index (χ1n) is 7.22. The molecular weight excluding hydrogens is 312 g/mol. The molecule has 118 valence electrons. The van der Waals surface area contributed by atoms with Gasteiger partial charge in [-0.2, -0.15) is 5.10 Å². The summed E-state index contributed by atoms with van der Waals surface area (Å²) in [5, 5.41) is 7.75. The number of nitrogens with zero attached hydrogens (tertiary/aromatic N) is 2. The lowest BCUT2D eigenvalue weighted by molar-refractivity contribution is -0.122. The van der Waals surface area contributed by atoms with E-state index in [2.05, 4.69) is 15.8 Å². The van der Waals surface area contributed by atoms with E-state index in [1.54, 1.807) is 12.1 Å². The van der Waals surface area contributed by atoms with Gasteiger partial charge in [0.2, 0.25) is 0 Å². The summed E-state index contributed by atoms with van der Waals surface area (Å²) < 4.78 is 0. The molecule has 0 saturated heterocycles. The van der Waals surface area contributed by atoms with E-state index in [4.69, 9.17) is 11.6 Å². The number of hydrazone groups is 1. The molecule has 0 fully saturated rings. The molecule has 3 rings (SSSR count). The molecule has 1 aliphatic rings. The Morgan fingerprint density at radius 3 is 2.26 bits per heavy atom. The lowest BCUT2D eigenvalue weighted by atomic mass is 10.0. The van der Waals surface area contributed by atoms with Crippen LogP contribution in [0.1, 0.15) is 17.2 Å². The normalized spacial score (nSPS) is 17.1. The van der Waals surface area contributed by atoms with Crippen LogP contribution in [0.2, 0.25) is 5.02 Å². The zero-order valence-electron chi connectivity index (χ0n) is 12.9. The minimum Gasteiger partial charge on any atom is -0.378 e. The highest BCUT2D eigenvalue weighted by Crippen LogP contribution is 2.20. The van der Waals surface area contributed by atoms with Gasteiger partial charge in [0.15, 0.2) is 5.84 Å². The average molecular weight is 329 g/mol. The Kier molecular flexibility index (Phi) is 4.21. The molecule has 0 saturated carbocycles. The fraction of sp³-hybridized carbons (Fsp3) is 0.176. The highest BCUT2D eigenvalue weighted by molar-refractivity contribution is 6.30. The molecule has 1 amide bonds. The number of amidine groups is 1. The summed E-state index contributed by atoms with van der Waals surface area (Å²) in [5.74, 6) is 0.357. The number of carbonyl (C=O) groups excluding carboxylic acids is 1. The van der Waals surface area contributed by atoms with Gasteiger partial charge in [-0.3, -0.25) is 10.2 Å². The minimum atomic E-state index is -0.498. The molecule has 1 unspecified atom stereocenters. The third kappa shape index (κ3) is 3.29. The summed E-state index contributed by atoms with van der Waals surface area (Å²) >= 11 is 5.87. The Morgan fingerprint density at radius 1 is 1.04 bits per heavy atom. The standard InChI is InChI=1S/C17H17ClN4O/c1-22(2)14-9-5-11(6-10-14)15-17(23)19-16(21-20-15)12-3-7-13(18)8-4-12/h3-10,15,20H,1-2H3,(H,19,21,23). The second-order valence-electron chi connectivity index (χ2n) is 5.50. The van der Waals surface area contributed by atoms with Crippen LogP contribution in [0.15, 0.2) is 53.6 Å². The largest absolute Gasteiger partial charge is 0.378 e. The van der Waals surface area contributed by atoms with Gasteiger partial charge < -0.3 is 10.2 Å². The number of carbonyl (C=O) groups is 1. The average Bonchev–Trinajstić information content (AvgIpc) is 2.55. The van der Waals surface area contributed by atoms with Gasteiger partial charge in [-0.15, -0.1) is 0 Å². The third-order valence-electron chi connectivity index (χ3n) is 3.67. The Labute approximate surface area is 139 Å². The molecule has 0 aromatic heterocycles. The monoisotopic (exact) mass is 328 g/mol. The maximum Gasteiger partial charge on any atom is 0.254 e. The van der Waals surface area contributed by atoms with Crippen molar-refractivity contribution in [2.75, 3.05) is 19.0 Å². The van der Waals surface area contributed by atoms with Gasteiger partial charge in [0.05, 0.1) is 0 Å². The second kappa shape index (κ2) is 6.30. The van der Waals surface area contributed by atoms with Crippen molar-refractivity contribution in [2.24, 2.45) is 5.10 Å². The van der Waals surface area contributed by atoms with E-state index in [0.29, 0.717) is 10.9 Å². The molecule has 0 spiro atoms. The van der Waals surface area contributed by atoms with Crippen LogP contribution < -0.4 is 15.6 Å². The molecule has 0 aliphatic carbocycles. The number of anilines is 1. The molecule has 23 heavy (non-hydrogen) atoms. The first kappa shape index (κ1) is 15.4. The van der Waals surface area contributed by atoms with Crippen LogP contribution in [0.25, 0.3) is 0 Å². The lowest BCUT2D eigenvalue weighted by Crippen LogP contribution is -2.45. The summed E-state index contributed by atoms with van der Waals surface area (Å²) in [5.41, 5.74) is 5.68. The fourth-order valence-corrected chi connectivity index (χ4v) is 2.47. The maximum atomic E-state index is 12.4. The van der Waals surface area contributed by atoms with Crippen LogP contribution in [0, 0.1) is 0 Å². The molecule has 0 radical (unpaired) electrons. The van der Waals surface area contributed by atoms with E-state index in [-0.39, 0.29) is 5.91 Å². The summed E-state index contributed by atoms with van der Waals surface area (Å²) in [4.78, 5) is 14.4. The zero-order chi connectivity index (χ0) is 16.4. The molecule has 2 aromatic rings. The van der Waals surface area contributed by atoms with E-state index in [0.717, 1.165) is 16.8 Å². The van der Waals surface area contributed by atoms with E-state index >= 15 is 0 Å². The maximum absolute atomic E-state index is 12.4.